The highest BCUT2D eigenvalue weighted by molar-refractivity contribution is 6.21. The van der Waals surface area contributed by atoms with Gasteiger partial charge in [-0.05, 0) is 89.9 Å². The van der Waals surface area contributed by atoms with E-state index in [1.165, 1.54) is 16.0 Å². The molecule has 2 amide bonds. The van der Waals surface area contributed by atoms with Gasteiger partial charge in [-0.25, -0.2) is 4.68 Å². The van der Waals surface area contributed by atoms with Crippen LogP contribution < -0.4 is 4.74 Å². The molecule has 0 N–H and O–H groups in total. The van der Waals surface area contributed by atoms with Crippen LogP contribution in [-0.2, 0) is 4.74 Å². The average Bonchev–Trinajstić information content (AvgIpc) is 3.63. The summed E-state index contributed by atoms with van der Waals surface area (Å²) in [7, 11) is 0. The molecule has 4 aromatic carbocycles. The normalized spacial score (nSPS) is 17.0. The third kappa shape index (κ3) is 5.56. The minimum Gasteiger partial charge on any atom is -0.492 e. The van der Waals surface area contributed by atoms with Crippen molar-refractivity contribution in [3.63, 3.8) is 0 Å². The van der Waals surface area contributed by atoms with Crippen LogP contribution in [-0.4, -0.2) is 46.3 Å². The SMILES string of the molecule is CC/C(=C(/c1ccc(OCCN2C(=O)c3ccccc3C2=O)cc1)c1ccc2c(cnn2C2CCCCO2)c1)c1ccccc1. The Hall–Kier alpha value is -5.01. The quantitative estimate of drug-likeness (QED) is 0.128. The molecular formula is C38H35N3O4. The number of nitrogens with zero attached hydrogens (tertiary/aromatic N) is 3. The Morgan fingerprint density at radius 3 is 2.24 bits per heavy atom. The lowest BCUT2D eigenvalue weighted by Crippen LogP contribution is -2.33. The molecule has 5 aromatic rings. The Balaban J connectivity index is 1.16. The van der Waals surface area contributed by atoms with Gasteiger partial charge in [0.2, 0.25) is 0 Å². The maximum absolute atomic E-state index is 12.7. The van der Waals surface area contributed by atoms with E-state index in [9.17, 15) is 9.59 Å². The van der Waals surface area contributed by atoms with Gasteiger partial charge < -0.3 is 9.47 Å². The van der Waals surface area contributed by atoms with Crippen LogP contribution in [0.3, 0.4) is 0 Å². The topological polar surface area (TPSA) is 73.7 Å². The van der Waals surface area contributed by atoms with E-state index in [1.54, 1.807) is 24.3 Å². The number of benzene rings is 4. The molecule has 0 bridgehead atoms. The molecule has 0 radical (unpaired) electrons. The first-order valence-electron chi connectivity index (χ1n) is 15.7. The fourth-order valence-electron chi connectivity index (χ4n) is 6.45. The number of amides is 2. The monoisotopic (exact) mass is 597 g/mol. The molecule has 2 aliphatic heterocycles. The van der Waals surface area contributed by atoms with Gasteiger partial charge in [-0.1, -0.05) is 67.6 Å². The van der Waals surface area contributed by atoms with Crippen molar-refractivity contribution in [3.05, 3.63) is 131 Å². The Bertz CT molecular complexity index is 1850. The van der Waals surface area contributed by atoms with Gasteiger partial charge in [-0.2, -0.15) is 5.10 Å². The Morgan fingerprint density at radius 2 is 1.56 bits per heavy atom. The van der Waals surface area contributed by atoms with Crippen LogP contribution in [0, 0.1) is 0 Å². The zero-order valence-electron chi connectivity index (χ0n) is 25.3. The maximum atomic E-state index is 12.7. The number of aromatic nitrogens is 2. The fraction of sp³-hybridized carbons (Fsp3) is 0.237. The van der Waals surface area contributed by atoms with E-state index >= 15 is 0 Å². The summed E-state index contributed by atoms with van der Waals surface area (Å²) in [5.41, 5.74) is 7.75. The van der Waals surface area contributed by atoms with Gasteiger partial charge in [0, 0.05) is 12.0 Å². The minimum atomic E-state index is -0.272. The van der Waals surface area contributed by atoms with Gasteiger partial charge >= 0.3 is 0 Å². The molecule has 7 nitrogen and oxygen atoms in total. The second-order valence-electron chi connectivity index (χ2n) is 11.4. The first-order valence-corrected chi connectivity index (χ1v) is 15.7. The molecule has 0 aliphatic carbocycles. The summed E-state index contributed by atoms with van der Waals surface area (Å²) in [5, 5.41) is 5.80. The van der Waals surface area contributed by atoms with Crippen molar-refractivity contribution in [3.8, 4) is 5.75 Å². The summed E-state index contributed by atoms with van der Waals surface area (Å²) < 4.78 is 14.1. The Morgan fingerprint density at radius 1 is 0.844 bits per heavy atom. The molecule has 3 heterocycles. The van der Waals surface area contributed by atoms with Gasteiger partial charge in [0.15, 0.2) is 6.23 Å². The molecule has 1 atom stereocenters. The largest absolute Gasteiger partial charge is 0.492 e. The summed E-state index contributed by atoms with van der Waals surface area (Å²) in [6.07, 6.45) is 6.00. The van der Waals surface area contributed by atoms with E-state index in [0.717, 1.165) is 59.9 Å². The van der Waals surface area contributed by atoms with Crippen molar-refractivity contribution in [1.29, 1.82) is 0 Å². The molecule has 7 heteroatoms. The van der Waals surface area contributed by atoms with Crippen LogP contribution in [0.1, 0.15) is 76.2 Å². The highest BCUT2D eigenvalue weighted by atomic mass is 16.5. The third-order valence-corrected chi connectivity index (χ3v) is 8.70. The second-order valence-corrected chi connectivity index (χ2v) is 11.4. The number of hydrogen-bond acceptors (Lipinski definition) is 5. The lowest BCUT2D eigenvalue weighted by atomic mass is 9.88. The smallest absolute Gasteiger partial charge is 0.261 e. The highest BCUT2D eigenvalue weighted by Crippen LogP contribution is 2.37. The van der Waals surface area contributed by atoms with Crippen LogP contribution in [0.5, 0.6) is 5.75 Å². The van der Waals surface area contributed by atoms with Gasteiger partial charge in [0.1, 0.15) is 12.4 Å². The lowest BCUT2D eigenvalue weighted by molar-refractivity contribution is -0.0366. The number of hydrogen-bond donors (Lipinski definition) is 0. The molecule has 7 rings (SSSR count). The summed E-state index contributed by atoms with van der Waals surface area (Å²) in [4.78, 5) is 26.7. The van der Waals surface area contributed by atoms with Crippen molar-refractivity contribution < 1.29 is 19.1 Å². The summed E-state index contributed by atoms with van der Waals surface area (Å²) in [6, 6.07) is 32.1. The molecule has 1 aromatic heterocycles. The Kier molecular flexibility index (Phi) is 8.01. The first-order chi connectivity index (χ1) is 22.1. The van der Waals surface area contributed by atoms with Crippen LogP contribution in [0.2, 0.25) is 0 Å². The van der Waals surface area contributed by atoms with Crippen LogP contribution >= 0.6 is 0 Å². The summed E-state index contributed by atoms with van der Waals surface area (Å²) in [5.74, 6) is 0.133. The summed E-state index contributed by atoms with van der Waals surface area (Å²) >= 11 is 0. The number of carbonyl (C=O) groups excluding carboxylic acids is 2. The van der Waals surface area contributed by atoms with E-state index in [4.69, 9.17) is 14.6 Å². The van der Waals surface area contributed by atoms with Crippen molar-refractivity contribution in [2.75, 3.05) is 19.8 Å². The number of rotatable bonds is 9. The average molecular weight is 598 g/mol. The lowest BCUT2D eigenvalue weighted by Gasteiger charge is -2.23. The fourth-order valence-corrected chi connectivity index (χ4v) is 6.45. The predicted molar refractivity (Wildman–Crippen MR) is 175 cm³/mol. The summed E-state index contributed by atoms with van der Waals surface area (Å²) in [6.45, 7) is 3.36. The Labute approximate surface area is 262 Å². The number of allylic oxidation sites excluding steroid dienone is 1. The van der Waals surface area contributed by atoms with E-state index in [-0.39, 0.29) is 31.2 Å². The highest BCUT2D eigenvalue weighted by Gasteiger charge is 2.34. The molecule has 45 heavy (non-hydrogen) atoms. The van der Waals surface area contributed by atoms with Gasteiger partial charge in [-0.15, -0.1) is 0 Å². The minimum absolute atomic E-state index is 0.0165. The van der Waals surface area contributed by atoms with Crippen molar-refractivity contribution in [2.24, 2.45) is 0 Å². The zero-order chi connectivity index (χ0) is 30.8. The number of imide groups is 1. The molecule has 1 fully saturated rings. The van der Waals surface area contributed by atoms with Crippen molar-refractivity contribution in [1.82, 2.24) is 14.7 Å². The van der Waals surface area contributed by atoms with Crippen LogP contribution in [0.4, 0.5) is 0 Å². The van der Waals surface area contributed by atoms with E-state index in [0.29, 0.717) is 16.9 Å². The van der Waals surface area contributed by atoms with Gasteiger partial charge in [0.25, 0.3) is 11.8 Å². The van der Waals surface area contributed by atoms with E-state index in [2.05, 4.69) is 61.5 Å². The molecule has 2 aliphatic rings. The first kappa shape index (κ1) is 28.7. The molecule has 0 saturated carbocycles. The standard InChI is InChI=1S/C38H35N3O4/c1-2-31(26-10-4-3-5-11-26)36(28-17-20-34-29(24-28)25-39-41(34)35-14-8-9-22-45-35)27-15-18-30(19-16-27)44-23-21-40-37(42)32-12-6-7-13-33(32)38(40)43/h3-7,10-13,15-20,24-25,35H,2,8-9,14,21-23H2,1H3/b36-31+. The number of carbonyl (C=O) groups is 2. The molecular weight excluding hydrogens is 562 g/mol. The van der Waals surface area contributed by atoms with Crippen molar-refractivity contribution in [2.45, 2.75) is 38.8 Å². The second kappa shape index (κ2) is 12.5. The van der Waals surface area contributed by atoms with E-state index in [1.807, 2.05) is 29.1 Å². The van der Waals surface area contributed by atoms with Gasteiger partial charge in [-0.3, -0.25) is 14.5 Å². The van der Waals surface area contributed by atoms with Crippen LogP contribution in [0.25, 0.3) is 22.0 Å². The van der Waals surface area contributed by atoms with Crippen LogP contribution in [0.15, 0.2) is 103 Å². The van der Waals surface area contributed by atoms with Gasteiger partial charge in [0.05, 0.1) is 29.4 Å². The molecule has 1 saturated heterocycles. The third-order valence-electron chi connectivity index (χ3n) is 8.70. The molecule has 226 valence electrons. The zero-order valence-corrected chi connectivity index (χ0v) is 25.3. The molecule has 1 unspecified atom stereocenters. The van der Waals surface area contributed by atoms with E-state index < -0.39 is 0 Å². The number of ether oxygens (including phenoxy) is 2. The number of fused-ring (bicyclic) bond motifs is 2. The maximum Gasteiger partial charge on any atom is 0.261 e. The predicted octanol–water partition coefficient (Wildman–Crippen LogP) is 7.78. The van der Waals surface area contributed by atoms with Crippen molar-refractivity contribution >= 4 is 33.9 Å². The molecule has 0 spiro atoms.